The predicted molar refractivity (Wildman–Crippen MR) is 84.3 cm³/mol. The highest BCUT2D eigenvalue weighted by Crippen LogP contribution is 2.26. The van der Waals surface area contributed by atoms with Crippen LogP contribution in [0.15, 0.2) is 48.5 Å². The summed E-state index contributed by atoms with van der Waals surface area (Å²) in [5, 5.41) is 14.7. The lowest BCUT2D eigenvalue weighted by Crippen LogP contribution is -2.24. The zero-order valence-corrected chi connectivity index (χ0v) is 12.7. The smallest absolute Gasteiger partial charge is 0.0914 e. The molecule has 0 bridgehead atoms. The number of aliphatic hydroxyl groups is 1. The van der Waals surface area contributed by atoms with Gasteiger partial charge in [-0.25, -0.2) is 0 Å². The van der Waals surface area contributed by atoms with Crippen LogP contribution in [0.1, 0.15) is 30.2 Å². The van der Waals surface area contributed by atoms with Crippen molar-refractivity contribution in [1.29, 1.82) is 0 Å². The summed E-state index contributed by atoms with van der Waals surface area (Å²) in [5.74, 6) is 0. The Bertz CT molecular complexity index is 560. The molecule has 0 aliphatic heterocycles. The van der Waals surface area contributed by atoms with Crippen molar-refractivity contribution in [2.75, 3.05) is 6.54 Å². The molecule has 4 heteroatoms. The zero-order chi connectivity index (χ0) is 14.5. The molecule has 2 aromatic carbocycles. The molecule has 2 aromatic rings. The van der Waals surface area contributed by atoms with Crippen molar-refractivity contribution in [3.8, 4) is 0 Å². The number of aliphatic hydroxyl groups excluding tert-OH is 1. The van der Waals surface area contributed by atoms with Crippen LogP contribution in [-0.2, 0) is 0 Å². The molecule has 0 spiro atoms. The third kappa shape index (κ3) is 3.97. The maximum atomic E-state index is 10.1. The Balaban J connectivity index is 1.98. The van der Waals surface area contributed by atoms with Gasteiger partial charge in [-0.3, -0.25) is 0 Å². The molecule has 20 heavy (non-hydrogen) atoms. The largest absolute Gasteiger partial charge is 0.387 e. The third-order valence-electron chi connectivity index (χ3n) is 3.23. The van der Waals surface area contributed by atoms with Crippen LogP contribution in [0.25, 0.3) is 0 Å². The number of benzene rings is 2. The van der Waals surface area contributed by atoms with Gasteiger partial charge >= 0.3 is 0 Å². The van der Waals surface area contributed by atoms with Crippen molar-refractivity contribution >= 4 is 23.2 Å². The summed E-state index contributed by atoms with van der Waals surface area (Å²) in [6.07, 6.45) is -0.545. The van der Waals surface area contributed by atoms with Crippen molar-refractivity contribution < 1.29 is 5.11 Å². The van der Waals surface area contributed by atoms with E-state index in [1.807, 2.05) is 43.3 Å². The molecule has 0 amide bonds. The van der Waals surface area contributed by atoms with E-state index in [2.05, 4.69) is 5.32 Å². The molecule has 2 nitrogen and oxygen atoms in total. The van der Waals surface area contributed by atoms with Crippen LogP contribution in [0, 0.1) is 0 Å². The molecule has 106 valence electrons. The summed E-state index contributed by atoms with van der Waals surface area (Å²) in [6, 6.07) is 15.0. The first-order chi connectivity index (χ1) is 9.58. The lowest BCUT2D eigenvalue weighted by Gasteiger charge is -2.19. The number of halogens is 2. The number of rotatable bonds is 5. The topological polar surface area (TPSA) is 32.3 Å². The highest BCUT2D eigenvalue weighted by atomic mass is 35.5. The summed E-state index contributed by atoms with van der Waals surface area (Å²) >= 11 is 12.1. The van der Waals surface area contributed by atoms with Gasteiger partial charge in [0.15, 0.2) is 0 Å². The van der Waals surface area contributed by atoms with Gasteiger partial charge in [-0.05, 0) is 36.2 Å². The van der Waals surface area contributed by atoms with Gasteiger partial charge in [-0.15, -0.1) is 0 Å². The van der Waals surface area contributed by atoms with Crippen molar-refractivity contribution in [3.05, 3.63) is 69.7 Å². The molecule has 0 saturated heterocycles. The highest BCUT2D eigenvalue weighted by molar-refractivity contribution is 6.33. The average Bonchev–Trinajstić information content (AvgIpc) is 2.47. The minimum atomic E-state index is -0.545. The fraction of sp³-hybridized carbons (Fsp3) is 0.250. The van der Waals surface area contributed by atoms with Crippen LogP contribution in [0.4, 0.5) is 0 Å². The second-order valence-corrected chi connectivity index (χ2v) is 5.57. The van der Waals surface area contributed by atoms with Crippen LogP contribution in [0.3, 0.4) is 0 Å². The van der Waals surface area contributed by atoms with Gasteiger partial charge in [-0.1, -0.05) is 53.5 Å². The molecule has 0 heterocycles. The maximum Gasteiger partial charge on any atom is 0.0914 e. The first-order valence-electron chi connectivity index (χ1n) is 6.49. The van der Waals surface area contributed by atoms with Gasteiger partial charge in [0.05, 0.1) is 6.10 Å². The zero-order valence-electron chi connectivity index (χ0n) is 11.2. The Morgan fingerprint density at radius 2 is 1.80 bits per heavy atom. The standard InChI is InChI=1S/C16H17Cl2NO/c1-11(14-9-13(17)7-8-15(14)18)19-10-16(20)12-5-3-2-4-6-12/h2-9,11,16,19-20H,10H2,1H3. The first kappa shape index (κ1) is 15.3. The minimum absolute atomic E-state index is 0.0135. The monoisotopic (exact) mass is 309 g/mol. The Kier molecular flexibility index (Phi) is 5.44. The van der Waals surface area contributed by atoms with E-state index in [0.717, 1.165) is 11.1 Å². The molecule has 2 rings (SSSR count). The normalized spacial score (nSPS) is 14.0. The van der Waals surface area contributed by atoms with Gasteiger partial charge in [0, 0.05) is 22.6 Å². The molecule has 2 N–H and O–H groups in total. The quantitative estimate of drug-likeness (QED) is 0.859. The van der Waals surface area contributed by atoms with Crippen molar-refractivity contribution in [2.45, 2.75) is 19.1 Å². The summed E-state index contributed by atoms with van der Waals surface area (Å²) < 4.78 is 0. The van der Waals surface area contributed by atoms with E-state index in [0.29, 0.717) is 16.6 Å². The SMILES string of the molecule is CC(NCC(O)c1ccccc1)c1cc(Cl)ccc1Cl. The molecule has 2 atom stereocenters. The van der Waals surface area contributed by atoms with E-state index in [9.17, 15) is 5.11 Å². The van der Waals surface area contributed by atoms with Crippen LogP contribution in [0.2, 0.25) is 10.0 Å². The minimum Gasteiger partial charge on any atom is -0.387 e. The van der Waals surface area contributed by atoms with Crippen LogP contribution in [-0.4, -0.2) is 11.7 Å². The Morgan fingerprint density at radius 3 is 2.50 bits per heavy atom. The fourth-order valence-electron chi connectivity index (χ4n) is 2.04. The summed E-state index contributed by atoms with van der Waals surface area (Å²) in [7, 11) is 0. The molecule has 0 aromatic heterocycles. The lowest BCUT2D eigenvalue weighted by molar-refractivity contribution is 0.171. The molecule has 0 radical (unpaired) electrons. The van der Waals surface area contributed by atoms with E-state index in [1.165, 1.54) is 0 Å². The van der Waals surface area contributed by atoms with E-state index in [4.69, 9.17) is 23.2 Å². The molecule has 0 fully saturated rings. The third-order valence-corrected chi connectivity index (χ3v) is 3.81. The number of hydrogen-bond acceptors (Lipinski definition) is 2. The Hall–Kier alpha value is -1.06. The lowest BCUT2D eigenvalue weighted by atomic mass is 10.1. The fourth-order valence-corrected chi connectivity index (χ4v) is 2.50. The molecule has 0 saturated carbocycles. The van der Waals surface area contributed by atoms with Crippen LogP contribution >= 0.6 is 23.2 Å². The van der Waals surface area contributed by atoms with Crippen molar-refractivity contribution in [1.82, 2.24) is 5.32 Å². The first-order valence-corrected chi connectivity index (χ1v) is 7.25. The van der Waals surface area contributed by atoms with Gasteiger partial charge < -0.3 is 10.4 Å². The van der Waals surface area contributed by atoms with E-state index in [1.54, 1.807) is 12.1 Å². The highest BCUT2D eigenvalue weighted by Gasteiger charge is 2.13. The van der Waals surface area contributed by atoms with E-state index >= 15 is 0 Å². The average molecular weight is 310 g/mol. The Morgan fingerprint density at radius 1 is 1.10 bits per heavy atom. The molecule has 2 unspecified atom stereocenters. The molecule has 0 aliphatic rings. The Labute approximate surface area is 129 Å². The molecule has 0 aliphatic carbocycles. The van der Waals surface area contributed by atoms with Gasteiger partial charge in [-0.2, -0.15) is 0 Å². The van der Waals surface area contributed by atoms with Gasteiger partial charge in [0.2, 0.25) is 0 Å². The van der Waals surface area contributed by atoms with Crippen LogP contribution in [0.5, 0.6) is 0 Å². The van der Waals surface area contributed by atoms with Crippen LogP contribution < -0.4 is 5.32 Å². The van der Waals surface area contributed by atoms with Gasteiger partial charge in [0.25, 0.3) is 0 Å². The van der Waals surface area contributed by atoms with Crippen molar-refractivity contribution in [2.24, 2.45) is 0 Å². The molecular weight excluding hydrogens is 293 g/mol. The number of nitrogens with one attached hydrogen (secondary N) is 1. The summed E-state index contributed by atoms with van der Waals surface area (Å²) in [4.78, 5) is 0. The summed E-state index contributed by atoms with van der Waals surface area (Å²) in [5.41, 5.74) is 1.82. The van der Waals surface area contributed by atoms with Gasteiger partial charge in [0.1, 0.15) is 0 Å². The van der Waals surface area contributed by atoms with E-state index in [-0.39, 0.29) is 6.04 Å². The summed E-state index contributed by atoms with van der Waals surface area (Å²) in [6.45, 7) is 2.45. The second kappa shape index (κ2) is 7.09. The number of hydrogen-bond donors (Lipinski definition) is 2. The van der Waals surface area contributed by atoms with Crippen molar-refractivity contribution in [3.63, 3.8) is 0 Å². The van der Waals surface area contributed by atoms with E-state index < -0.39 is 6.10 Å². The second-order valence-electron chi connectivity index (χ2n) is 4.72. The molecular formula is C16H17Cl2NO. The maximum absolute atomic E-state index is 10.1. The predicted octanol–water partition coefficient (Wildman–Crippen LogP) is 4.38.